The topological polar surface area (TPSA) is 82.4 Å². The molecule has 31 heavy (non-hydrogen) atoms. The molecule has 2 heterocycles. The number of hydrogen-bond donors (Lipinski definition) is 0. The van der Waals surface area contributed by atoms with Crippen LogP contribution < -0.4 is 14.3 Å². The van der Waals surface area contributed by atoms with Gasteiger partial charge in [-0.15, -0.1) is 0 Å². The maximum atomic E-state index is 12.9. The van der Waals surface area contributed by atoms with Crippen LogP contribution in [0.3, 0.4) is 0 Å². The fourth-order valence-electron chi connectivity index (χ4n) is 3.43. The predicted octanol–water partition coefficient (Wildman–Crippen LogP) is 2.32. The Balaban J connectivity index is 1.71. The van der Waals surface area contributed by atoms with Gasteiger partial charge in [0.05, 0.1) is 37.6 Å². The van der Waals surface area contributed by atoms with Crippen LogP contribution in [0.4, 0.5) is 0 Å². The Bertz CT molecular complexity index is 1180. The summed E-state index contributed by atoms with van der Waals surface area (Å²) >= 11 is 1.38. The van der Waals surface area contributed by atoms with Crippen LogP contribution in [-0.2, 0) is 16.1 Å². The highest BCUT2D eigenvalue weighted by Gasteiger charge is 2.19. The summed E-state index contributed by atoms with van der Waals surface area (Å²) < 4.78 is 18.6. The molecule has 0 saturated carbocycles. The molecule has 1 aliphatic heterocycles. The molecule has 1 aliphatic rings. The molecule has 4 rings (SSSR count). The van der Waals surface area contributed by atoms with Crippen molar-refractivity contribution in [2.45, 2.75) is 6.54 Å². The number of amides is 2. The first-order chi connectivity index (χ1) is 15.1. The normalized spacial score (nSPS) is 14.6. The van der Waals surface area contributed by atoms with Gasteiger partial charge < -0.3 is 23.7 Å². The van der Waals surface area contributed by atoms with Gasteiger partial charge >= 0.3 is 0 Å². The molecular weight excluding hydrogens is 418 g/mol. The molecular formula is C22H23N3O5S. The smallest absolute Gasteiger partial charge is 0.279 e. The Morgan fingerprint density at radius 1 is 1.06 bits per heavy atom. The maximum Gasteiger partial charge on any atom is 0.279 e. The SMILES string of the molecule is COc1ccc(C(=O)N=c2sc3ccccc3n2CC(=O)N2CCOCC2)cc1OC. The van der Waals surface area contributed by atoms with Crippen LogP contribution in [-0.4, -0.2) is 61.8 Å². The van der Waals surface area contributed by atoms with Crippen molar-refractivity contribution in [3.8, 4) is 11.5 Å². The lowest BCUT2D eigenvalue weighted by atomic mass is 10.2. The van der Waals surface area contributed by atoms with Crippen molar-refractivity contribution in [1.82, 2.24) is 9.47 Å². The van der Waals surface area contributed by atoms with Crippen molar-refractivity contribution < 1.29 is 23.8 Å². The molecule has 0 aliphatic carbocycles. The van der Waals surface area contributed by atoms with E-state index in [2.05, 4.69) is 4.99 Å². The van der Waals surface area contributed by atoms with Crippen LogP contribution in [0.1, 0.15) is 10.4 Å². The number of carbonyl (C=O) groups is 2. The van der Waals surface area contributed by atoms with Crippen LogP contribution >= 0.6 is 11.3 Å². The van der Waals surface area contributed by atoms with Gasteiger partial charge in [0.1, 0.15) is 6.54 Å². The average molecular weight is 442 g/mol. The van der Waals surface area contributed by atoms with Gasteiger partial charge in [0.2, 0.25) is 5.91 Å². The Morgan fingerprint density at radius 2 is 1.81 bits per heavy atom. The number of aromatic nitrogens is 1. The van der Waals surface area contributed by atoms with Gasteiger partial charge in [0.25, 0.3) is 5.91 Å². The van der Waals surface area contributed by atoms with Crippen LogP contribution in [0.15, 0.2) is 47.5 Å². The second-order valence-electron chi connectivity index (χ2n) is 6.92. The fourth-order valence-corrected chi connectivity index (χ4v) is 4.46. The van der Waals surface area contributed by atoms with Crippen LogP contribution in [0.2, 0.25) is 0 Å². The van der Waals surface area contributed by atoms with E-state index in [9.17, 15) is 9.59 Å². The first-order valence-corrected chi connectivity index (χ1v) is 10.7. The standard InChI is InChI=1S/C22H23N3O5S/c1-28-17-8-7-15(13-18(17)29-2)21(27)23-22-25(16-5-3-4-6-19(16)31-22)14-20(26)24-9-11-30-12-10-24/h3-8,13H,9-12,14H2,1-2H3. The summed E-state index contributed by atoms with van der Waals surface area (Å²) in [6, 6.07) is 12.6. The van der Waals surface area contributed by atoms with E-state index in [0.29, 0.717) is 48.2 Å². The van der Waals surface area contributed by atoms with Crippen molar-refractivity contribution >= 4 is 33.4 Å². The molecule has 1 fully saturated rings. The van der Waals surface area contributed by atoms with E-state index in [4.69, 9.17) is 14.2 Å². The number of ether oxygens (including phenoxy) is 3. The second kappa shape index (κ2) is 9.32. The highest BCUT2D eigenvalue weighted by molar-refractivity contribution is 7.16. The molecule has 0 atom stereocenters. The molecule has 8 nitrogen and oxygen atoms in total. The molecule has 2 amide bonds. The third-order valence-electron chi connectivity index (χ3n) is 5.07. The van der Waals surface area contributed by atoms with E-state index in [0.717, 1.165) is 10.2 Å². The number of carbonyl (C=O) groups excluding carboxylic acids is 2. The molecule has 0 bridgehead atoms. The van der Waals surface area contributed by atoms with Gasteiger partial charge in [-0.05, 0) is 30.3 Å². The molecule has 162 valence electrons. The molecule has 1 aromatic heterocycles. The fraction of sp³-hybridized carbons (Fsp3) is 0.318. The zero-order valence-corrected chi connectivity index (χ0v) is 18.2. The monoisotopic (exact) mass is 441 g/mol. The van der Waals surface area contributed by atoms with Crippen LogP contribution in [0.5, 0.6) is 11.5 Å². The third kappa shape index (κ3) is 4.47. The summed E-state index contributed by atoms with van der Waals surface area (Å²) in [5.41, 5.74) is 1.24. The molecule has 0 radical (unpaired) electrons. The van der Waals surface area contributed by atoms with Crippen molar-refractivity contribution in [1.29, 1.82) is 0 Å². The average Bonchev–Trinajstić information content (AvgIpc) is 3.15. The number of thiazole rings is 1. The summed E-state index contributed by atoms with van der Waals surface area (Å²) in [5, 5.41) is 0. The van der Waals surface area contributed by atoms with Crippen LogP contribution in [0, 0.1) is 0 Å². The largest absolute Gasteiger partial charge is 0.493 e. The highest BCUT2D eigenvalue weighted by Crippen LogP contribution is 2.27. The summed E-state index contributed by atoms with van der Waals surface area (Å²) in [5.74, 6) is 0.550. The number of nitrogens with zero attached hydrogens (tertiary/aromatic N) is 3. The molecule has 2 aromatic carbocycles. The molecule has 0 N–H and O–H groups in total. The summed E-state index contributed by atoms with van der Waals surface area (Å²) in [7, 11) is 3.05. The summed E-state index contributed by atoms with van der Waals surface area (Å²) in [4.78, 5) is 32.4. The molecule has 0 spiro atoms. The number of hydrogen-bond acceptors (Lipinski definition) is 6. The zero-order chi connectivity index (χ0) is 21.8. The minimum atomic E-state index is -0.417. The molecule has 3 aromatic rings. The highest BCUT2D eigenvalue weighted by atomic mass is 32.1. The van der Waals surface area contributed by atoms with Gasteiger partial charge in [0.15, 0.2) is 16.3 Å². The number of morpholine rings is 1. The van der Waals surface area contributed by atoms with Crippen LogP contribution in [0.25, 0.3) is 10.2 Å². The molecule has 9 heteroatoms. The van der Waals surface area contributed by atoms with E-state index < -0.39 is 5.91 Å². The van der Waals surface area contributed by atoms with Gasteiger partial charge in [-0.1, -0.05) is 23.5 Å². The Hall–Kier alpha value is -3.17. The van der Waals surface area contributed by atoms with Crippen molar-refractivity contribution in [3.05, 3.63) is 52.8 Å². The Kier molecular flexibility index (Phi) is 6.34. The van der Waals surface area contributed by atoms with Gasteiger partial charge in [-0.3, -0.25) is 9.59 Å². The van der Waals surface area contributed by atoms with Gasteiger partial charge in [0, 0.05) is 18.7 Å². The van der Waals surface area contributed by atoms with Crippen molar-refractivity contribution in [2.75, 3.05) is 40.5 Å². The van der Waals surface area contributed by atoms with Gasteiger partial charge in [-0.2, -0.15) is 4.99 Å². The lowest BCUT2D eigenvalue weighted by Gasteiger charge is -2.27. The van der Waals surface area contributed by atoms with E-state index in [1.54, 1.807) is 27.7 Å². The number of methoxy groups -OCH3 is 2. The van der Waals surface area contributed by atoms with E-state index in [1.165, 1.54) is 25.6 Å². The minimum Gasteiger partial charge on any atom is -0.493 e. The Labute approximate surface area is 183 Å². The first kappa shape index (κ1) is 21.1. The number of rotatable bonds is 5. The predicted molar refractivity (Wildman–Crippen MR) is 117 cm³/mol. The lowest BCUT2D eigenvalue weighted by Crippen LogP contribution is -2.43. The second-order valence-corrected chi connectivity index (χ2v) is 7.93. The summed E-state index contributed by atoms with van der Waals surface area (Å²) in [6.07, 6.45) is 0. The number of para-hydroxylation sites is 1. The quantitative estimate of drug-likeness (QED) is 0.607. The van der Waals surface area contributed by atoms with E-state index in [-0.39, 0.29) is 12.5 Å². The lowest BCUT2D eigenvalue weighted by molar-refractivity contribution is -0.135. The molecule has 1 saturated heterocycles. The third-order valence-corrected chi connectivity index (χ3v) is 6.13. The van der Waals surface area contributed by atoms with Gasteiger partial charge in [-0.25, -0.2) is 0 Å². The number of fused-ring (bicyclic) bond motifs is 1. The van der Waals surface area contributed by atoms with Crippen molar-refractivity contribution in [2.24, 2.45) is 4.99 Å². The van der Waals surface area contributed by atoms with E-state index >= 15 is 0 Å². The maximum absolute atomic E-state index is 12.9. The number of benzene rings is 2. The zero-order valence-electron chi connectivity index (χ0n) is 17.4. The van der Waals surface area contributed by atoms with E-state index in [1.807, 2.05) is 24.3 Å². The summed E-state index contributed by atoms with van der Waals surface area (Å²) in [6.45, 7) is 2.32. The molecule has 0 unspecified atom stereocenters. The first-order valence-electron chi connectivity index (χ1n) is 9.85. The Morgan fingerprint density at radius 3 is 2.55 bits per heavy atom. The van der Waals surface area contributed by atoms with Crippen molar-refractivity contribution in [3.63, 3.8) is 0 Å². The minimum absolute atomic E-state index is 0.0214.